The number of para-hydroxylation sites is 1. The number of rotatable bonds is 3. The average Bonchev–Trinajstić information content (AvgIpc) is 2.33. The van der Waals surface area contributed by atoms with Gasteiger partial charge < -0.3 is 5.32 Å². The molecule has 0 atom stereocenters. The van der Waals surface area contributed by atoms with Gasteiger partial charge in [-0.2, -0.15) is 0 Å². The normalized spacial score (nSPS) is 9.81. The molecule has 1 N–H and O–H groups in total. The minimum absolute atomic E-state index is 0.657. The van der Waals surface area contributed by atoms with Crippen LogP contribution < -0.4 is 5.32 Å². The number of hydrogen-bond acceptors (Lipinski definition) is 2. The highest BCUT2D eigenvalue weighted by atomic mass is 35.5. The second-order valence-corrected chi connectivity index (χ2v) is 3.75. The summed E-state index contributed by atoms with van der Waals surface area (Å²) < 4.78 is 0. The van der Waals surface area contributed by atoms with Crippen molar-refractivity contribution >= 4 is 29.3 Å². The molecule has 2 nitrogen and oxygen atoms in total. The number of anilines is 2. The van der Waals surface area contributed by atoms with Crippen LogP contribution >= 0.6 is 11.6 Å². The molecule has 16 heavy (non-hydrogen) atoms. The Bertz CT molecular complexity index is 494. The van der Waals surface area contributed by atoms with Gasteiger partial charge in [0.1, 0.15) is 6.29 Å². The molecule has 0 unspecified atom stereocenters. The molecule has 2 aromatic carbocycles. The Labute approximate surface area is 98.9 Å². The lowest BCUT2D eigenvalue weighted by molar-refractivity contribution is 0.112. The van der Waals surface area contributed by atoms with Gasteiger partial charge in [-0.05, 0) is 36.4 Å². The molecule has 0 amide bonds. The molecule has 80 valence electrons. The molecular weight excluding hydrogens is 222 g/mol. The van der Waals surface area contributed by atoms with E-state index in [4.69, 9.17) is 11.6 Å². The van der Waals surface area contributed by atoms with Gasteiger partial charge in [0.25, 0.3) is 0 Å². The molecule has 0 saturated carbocycles. The van der Waals surface area contributed by atoms with Crippen molar-refractivity contribution in [3.63, 3.8) is 0 Å². The maximum Gasteiger partial charge on any atom is 0.150 e. The van der Waals surface area contributed by atoms with Gasteiger partial charge in [0, 0.05) is 11.3 Å². The second-order valence-electron chi connectivity index (χ2n) is 3.34. The molecular formula is C13H10ClNO. The van der Waals surface area contributed by atoms with Crippen LogP contribution in [0.15, 0.2) is 48.5 Å². The summed E-state index contributed by atoms with van der Waals surface area (Å²) in [6.07, 6.45) is 0.819. The molecule has 2 rings (SSSR count). The van der Waals surface area contributed by atoms with Gasteiger partial charge in [0.05, 0.1) is 10.7 Å². The van der Waals surface area contributed by atoms with E-state index in [2.05, 4.69) is 5.32 Å². The average molecular weight is 232 g/mol. The first-order valence-corrected chi connectivity index (χ1v) is 5.24. The van der Waals surface area contributed by atoms with Crippen LogP contribution in [-0.2, 0) is 0 Å². The van der Waals surface area contributed by atoms with Crippen molar-refractivity contribution in [2.24, 2.45) is 0 Å². The highest BCUT2D eigenvalue weighted by molar-refractivity contribution is 6.33. The fourth-order valence-electron chi connectivity index (χ4n) is 1.36. The lowest BCUT2D eigenvalue weighted by atomic mass is 10.2. The fraction of sp³-hybridized carbons (Fsp3) is 0. The van der Waals surface area contributed by atoms with Crippen LogP contribution in [0.2, 0.25) is 5.02 Å². The minimum Gasteiger partial charge on any atom is -0.354 e. The molecule has 0 bridgehead atoms. The van der Waals surface area contributed by atoms with Gasteiger partial charge in [0.2, 0.25) is 0 Å². The van der Waals surface area contributed by atoms with Crippen LogP contribution in [0.5, 0.6) is 0 Å². The third-order valence-corrected chi connectivity index (χ3v) is 2.53. The number of halogens is 1. The van der Waals surface area contributed by atoms with Crippen LogP contribution in [0.25, 0.3) is 0 Å². The van der Waals surface area contributed by atoms with Gasteiger partial charge in [-0.1, -0.05) is 23.7 Å². The maximum atomic E-state index is 10.5. The largest absolute Gasteiger partial charge is 0.354 e. The van der Waals surface area contributed by atoms with Crippen molar-refractivity contribution in [3.8, 4) is 0 Å². The predicted molar refractivity (Wildman–Crippen MR) is 66.6 cm³/mol. The van der Waals surface area contributed by atoms with Gasteiger partial charge >= 0.3 is 0 Å². The van der Waals surface area contributed by atoms with E-state index in [1.807, 2.05) is 36.4 Å². The summed E-state index contributed by atoms with van der Waals surface area (Å²) in [5, 5.41) is 3.84. The number of hydrogen-bond donors (Lipinski definition) is 1. The lowest BCUT2D eigenvalue weighted by Crippen LogP contribution is -1.91. The number of carbonyl (C=O) groups excluding carboxylic acids is 1. The van der Waals surface area contributed by atoms with Crippen LogP contribution in [0.3, 0.4) is 0 Å². The molecule has 0 aliphatic heterocycles. The van der Waals surface area contributed by atoms with Gasteiger partial charge in [-0.15, -0.1) is 0 Å². The summed E-state index contributed by atoms with van der Waals surface area (Å²) in [4.78, 5) is 10.5. The molecule has 0 spiro atoms. The summed E-state index contributed by atoms with van der Waals surface area (Å²) in [5.74, 6) is 0. The summed E-state index contributed by atoms with van der Waals surface area (Å²) in [5.41, 5.74) is 2.41. The third kappa shape index (κ3) is 2.41. The van der Waals surface area contributed by atoms with E-state index in [0.717, 1.165) is 17.7 Å². The third-order valence-electron chi connectivity index (χ3n) is 2.20. The molecule has 0 radical (unpaired) electrons. The molecule has 3 heteroatoms. The Balaban J connectivity index is 2.21. The Morgan fingerprint density at radius 3 is 2.31 bits per heavy atom. The van der Waals surface area contributed by atoms with Crippen molar-refractivity contribution in [3.05, 3.63) is 59.1 Å². The van der Waals surface area contributed by atoms with Gasteiger partial charge in [-0.3, -0.25) is 4.79 Å². The summed E-state index contributed by atoms with van der Waals surface area (Å²) >= 11 is 6.01. The minimum atomic E-state index is 0.657. The Morgan fingerprint density at radius 2 is 1.69 bits per heavy atom. The van der Waals surface area contributed by atoms with Crippen LogP contribution in [0.4, 0.5) is 11.4 Å². The Kier molecular flexibility index (Phi) is 3.22. The zero-order chi connectivity index (χ0) is 11.4. The summed E-state index contributed by atoms with van der Waals surface area (Å²) in [6.45, 7) is 0. The topological polar surface area (TPSA) is 29.1 Å². The van der Waals surface area contributed by atoms with Crippen molar-refractivity contribution < 1.29 is 4.79 Å². The molecule has 0 heterocycles. The molecule has 2 aromatic rings. The van der Waals surface area contributed by atoms with Crippen LogP contribution in [0, 0.1) is 0 Å². The number of aldehydes is 1. The van der Waals surface area contributed by atoms with Crippen LogP contribution in [0.1, 0.15) is 10.4 Å². The van der Waals surface area contributed by atoms with E-state index < -0.39 is 0 Å². The first kappa shape index (κ1) is 10.7. The number of nitrogens with one attached hydrogen (secondary N) is 1. The predicted octanol–water partition coefficient (Wildman–Crippen LogP) is 3.90. The zero-order valence-electron chi connectivity index (χ0n) is 8.48. The van der Waals surface area contributed by atoms with Crippen molar-refractivity contribution in [2.75, 3.05) is 5.32 Å². The van der Waals surface area contributed by atoms with Crippen molar-refractivity contribution in [1.29, 1.82) is 0 Å². The molecule has 0 aliphatic carbocycles. The van der Waals surface area contributed by atoms with Gasteiger partial charge in [-0.25, -0.2) is 0 Å². The maximum absolute atomic E-state index is 10.5. The van der Waals surface area contributed by atoms with E-state index >= 15 is 0 Å². The monoisotopic (exact) mass is 231 g/mol. The first-order valence-electron chi connectivity index (χ1n) is 4.86. The molecule has 0 aromatic heterocycles. The van der Waals surface area contributed by atoms with Crippen molar-refractivity contribution in [2.45, 2.75) is 0 Å². The molecule has 0 saturated heterocycles. The van der Waals surface area contributed by atoms with E-state index in [1.165, 1.54) is 0 Å². The number of carbonyl (C=O) groups is 1. The standard InChI is InChI=1S/C13H10ClNO/c14-12-3-1-2-4-13(12)15-11-7-5-10(9-16)6-8-11/h1-9,15H. The smallest absolute Gasteiger partial charge is 0.150 e. The SMILES string of the molecule is O=Cc1ccc(Nc2ccccc2Cl)cc1. The zero-order valence-corrected chi connectivity index (χ0v) is 9.24. The van der Waals surface area contributed by atoms with Crippen molar-refractivity contribution in [1.82, 2.24) is 0 Å². The fourth-order valence-corrected chi connectivity index (χ4v) is 1.55. The summed E-state index contributed by atoms with van der Waals surface area (Å²) in [6, 6.07) is 14.7. The van der Waals surface area contributed by atoms with Crippen LogP contribution in [-0.4, -0.2) is 6.29 Å². The highest BCUT2D eigenvalue weighted by Crippen LogP contribution is 2.24. The van der Waals surface area contributed by atoms with Gasteiger partial charge in [0.15, 0.2) is 0 Å². The Hall–Kier alpha value is -1.80. The van der Waals surface area contributed by atoms with E-state index in [1.54, 1.807) is 12.1 Å². The van der Waals surface area contributed by atoms with E-state index in [9.17, 15) is 4.79 Å². The number of benzene rings is 2. The van der Waals surface area contributed by atoms with E-state index in [0.29, 0.717) is 10.6 Å². The first-order chi connectivity index (χ1) is 7.79. The highest BCUT2D eigenvalue weighted by Gasteiger charge is 1.99. The molecule has 0 aliphatic rings. The second kappa shape index (κ2) is 4.81. The van der Waals surface area contributed by atoms with E-state index in [-0.39, 0.29) is 0 Å². The lowest BCUT2D eigenvalue weighted by Gasteiger charge is -2.07. The Morgan fingerprint density at radius 1 is 1.00 bits per heavy atom. The summed E-state index contributed by atoms with van der Waals surface area (Å²) in [7, 11) is 0. The quantitative estimate of drug-likeness (QED) is 0.812. The molecule has 0 fully saturated rings.